The van der Waals surface area contributed by atoms with Crippen molar-refractivity contribution in [1.29, 1.82) is 0 Å². The fourth-order valence-corrected chi connectivity index (χ4v) is 3.49. The maximum atomic E-state index is 12.1. The highest BCUT2D eigenvalue weighted by atomic mass is 79.9. The van der Waals surface area contributed by atoms with Crippen LogP contribution in [0.2, 0.25) is 0 Å². The average Bonchev–Trinajstić information content (AvgIpc) is 2.35. The van der Waals surface area contributed by atoms with E-state index >= 15 is 0 Å². The van der Waals surface area contributed by atoms with Gasteiger partial charge in [-0.25, -0.2) is 18.1 Å². The summed E-state index contributed by atoms with van der Waals surface area (Å²) in [6, 6.07) is 1.54. The van der Waals surface area contributed by atoms with Crippen LogP contribution >= 0.6 is 27.7 Å². The summed E-state index contributed by atoms with van der Waals surface area (Å²) in [4.78, 5) is 4.18. The molecule has 0 saturated carbocycles. The molecule has 1 rings (SSSR count). The standard InChI is InChI=1S/C10H16BrN3O2S2/c1-12-10-9(6-8(11)7-13-10)18(15,16)14-4-3-5-17-2/h6-7,14H,3-5H2,1-2H3,(H,12,13). The van der Waals surface area contributed by atoms with Gasteiger partial charge in [-0.1, -0.05) is 0 Å². The van der Waals surface area contributed by atoms with E-state index in [2.05, 4.69) is 31.0 Å². The smallest absolute Gasteiger partial charge is 0.244 e. The van der Waals surface area contributed by atoms with Crippen molar-refractivity contribution in [3.63, 3.8) is 0 Å². The topological polar surface area (TPSA) is 71.1 Å². The molecule has 0 radical (unpaired) electrons. The second-order valence-electron chi connectivity index (χ2n) is 3.49. The van der Waals surface area contributed by atoms with E-state index in [1.165, 1.54) is 6.07 Å². The van der Waals surface area contributed by atoms with Crippen LogP contribution < -0.4 is 10.0 Å². The van der Waals surface area contributed by atoms with Crippen molar-refractivity contribution < 1.29 is 8.42 Å². The van der Waals surface area contributed by atoms with E-state index in [1.807, 2.05) is 6.26 Å². The van der Waals surface area contributed by atoms with Crippen molar-refractivity contribution in [3.05, 3.63) is 16.7 Å². The molecule has 8 heteroatoms. The molecule has 1 aromatic heterocycles. The minimum atomic E-state index is -3.52. The van der Waals surface area contributed by atoms with Crippen molar-refractivity contribution in [2.75, 3.05) is 30.9 Å². The van der Waals surface area contributed by atoms with Gasteiger partial charge in [0, 0.05) is 24.3 Å². The third-order valence-corrected chi connectivity index (χ3v) is 4.77. The Morgan fingerprint density at radius 1 is 1.50 bits per heavy atom. The number of nitrogens with zero attached hydrogens (tertiary/aromatic N) is 1. The zero-order chi connectivity index (χ0) is 13.6. The van der Waals surface area contributed by atoms with Crippen LogP contribution in [-0.4, -0.2) is 39.0 Å². The third-order valence-electron chi connectivity index (χ3n) is 2.16. The summed E-state index contributed by atoms with van der Waals surface area (Å²) in [7, 11) is -1.88. The zero-order valence-electron chi connectivity index (χ0n) is 10.2. The fourth-order valence-electron chi connectivity index (χ4n) is 1.31. The molecule has 0 fully saturated rings. The first kappa shape index (κ1) is 15.7. The van der Waals surface area contributed by atoms with Crippen molar-refractivity contribution in [3.8, 4) is 0 Å². The first-order chi connectivity index (χ1) is 8.51. The fraction of sp³-hybridized carbons (Fsp3) is 0.500. The number of nitrogens with one attached hydrogen (secondary N) is 2. The van der Waals surface area contributed by atoms with E-state index in [1.54, 1.807) is 25.0 Å². The van der Waals surface area contributed by atoms with Gasteiger partial charge in [-0.05, 0) is 40.4 Å². The van der Waals surface area contributed by atoms with Gasteiger partial charge in [-0.2, -0.15) is 11.8 Å². The molecule has 0 amide bonds. The summed E-state index contributed by atoms with van der Waals surface area (Å²) in [5, 5.41) is 2.78. The summed E-state index contributed by atoms with van der Waals surface area (Å²) in [5.74, 6) is 1.27. The number of hydrogen-bond donors (Lipinski definition) is 2. The molecular weight excluding hydrogens is 338 g/mol. The molecule has 5 nitrogen and oxygen atoms in total. The summed E-state index contributed by atoms with van der Waals surface area (Å²) in [6.45, 7) is 0.429. The number of sulfonamides is 1. The predicted molar refractivity (Wildman–Crippen MR) is 79.7 cm³/mol. The van der Waals surface area contributed by atoms with E-state index in [4.69, 9.17) is 0 Å². The van der Waals surface area contributed by atoms with E-state index in [-0.39, 0.29) is 4.90 Å². The molecule has 2 N–H and O–H groups in total. The minimum Gasteiger partial charge on any atom is -0.372 e. The number of aromatic nitrogens is 1. The Kier molecular flexibility index (Phi) is 6.40. The first-order valence-corrected chi connectivity index (χ1v) is 9.00. The lowest BCUT2D eigenvalue weighted by molar-refractivity contribution is 0.581. The number of halogens is 1. The van der Waals surface area contributed by atoms with E-state index in [0.717, 1.165) is 12.2 Å². The van der Waals surface area contributed by atoms with Crippen LogP contribution in [0.25, 0.3) is 0 Å². The molecule has 0 saturated heterocycles. The van der Waals surface area contributed by atoms with E-state index < -0.39 is 10.0 Å². The SMILES string of the molecule is CNc1ncc(Br)cc1S(=O)(=O)NCCCSC. The van der Waals surface area contributed by atoms with Gasteiger partial charge < -0.3 is 5.32 Å². The van der Waals surface area contributed by atoms with Gasteiger partial charge in [0.15, 0.2) is 0 Å². The number of hydrogen-bond acceptors (Lipinski definition) is 5. The lowest BCUT2D eigenvalue weighted by atomic mass is 10.4. The summed E-state index contributed by atoms with van der Waals surface area (Å²) in [5.41, 5.74) is 0. The van der Waals surface area contributed by atoms with Crippen molar-refractivity contribution in [2.24, 2.45) is 0 Å². The van der Waals surface area contributed by atoms with Gasteiger partial charge in [-0.3, -0.25) is 0 Å². The number of anilines is 1. The number of rotatable bonds is 7. The maximum Gasteiger partial charge on any atom is 0.244 e. The van der Waals surface area contributed by atoms with Gasteiger partial charge >= 0.3 is 0 Å². The van der Waals surface area contributed by atoms with E-state index in [0.29, 0.717) is 16.8 Å². The highest BCUT2D eigenvalue weighted by Crippen LogP contribution is 2.22. The zero-order valence-corrected chi connectivity index (χ0v) is 13.5. The van der Waals surface area contributed by atoms with Gasteiger partial charge in [-0.15, -0.1) is 0 Å². The molecule has 0 aromatic carbocycles. The molecule has 0 unspecified atom stereocenters. The maximum absolute atomic E-state index is 12.1. The van der Waals surface area contributed by atoms with Crippen molar-refractivity contribution in [2.45, 2.75) is 11.3 Å². The molecule has 1 aromatic rings. The quantitative estimate of drug-likeness (QED) is 0.732. The Labute approximate surface area is 120 Å². The van der Waals surface area contributed by atoms with E-state index in [9.17, 15) is 8.42 Å². The van der Waals surface area contributed by atoms with Crippen LogP contribution in [0, 0.1) is 0 Å². The Morgan fingerprint density at radius 3 is 2.83 bits per heavy atom. The molecule has 0 aliphatic heterocycles. The second-order valence-corrected chi connectivity index (χ2v) is 7.13. The number of thioether (sulfide) groups is 1. The Morgan fingerprint density at radius 2 is 2.22 bits per heavy atom. The lowest BCUT2D eigenvalue weighted by Gasteiger charge is -2.10. The largest absolute Gasteiger partial charge is 0.372 e. The normalized spacial score (nSPS) is 11.5. The van der Waals surface area contributed by atoms with Crippen LogP contribution in [0.4, 0.5) is 5.82 Å². The van der Waals surface area contributed by atoms with Gasteiger partial charge in [0.1, 0.15) is 10.7 Å². The van der Waals surface area contributed by atoms with Crippen molar-refractivity contribution >= 4 is 43.5 Å². The molecule has 0 atom stereocenters. The van der Waals surface area contributed by atoms with Crippen LogP contribution in [-0.2, 0) is 10.0 Å². The van der Waals surface area contributed by atoms with Gasteiger partial charge in [0.25, 0.3) is 0 Å². The minimum absolute atomic E-state index is 0.156. The molecule has 0 aliphatic carbocycles. The summed E-state index contributed by atoms with van der Waals surface area (Å²) < 4.78 is 27.4. The Bertz CT molecular complexity index is 494. The Hall–Kier alpha value is -0.310. The monoisotopic (exact) mass is 353 g/mol. The highest BCUT2D eigenvalue weighted by molar-refractivity contribution is 9.10. The Balaban J connectivity index is 2.87. The predicted octanol–water partition coefficient (Wildman–Crippen LogP) is 1.92. The molecular formula is C10H16BrN3O2S2. The van der Waals surface area contributed by atoms with Gasteiger partial charge in [0.2, 0.25) is 10.0 Å². The second kappa shape index (κ2) is 7.32. The van der Waals surface area contributed by atoms with Crippen molar-refractivity contribution in [1.82, 2.24) is 9.71 Å². The summed E-state index contributed by atoms with van der Waals surface area (Å²) >= 11 is 4.92. The third kappa shape index (κ3) is 4.42. The molecule has 1 heterocycles. The van der Waals surface area contributed by atoms with Gasteiger partial charge in [0.05, 0.1) is 0 Å². The number of pyridine rings is 1. The molecule has 0 bridgehead atoms. The van der Waals surface area contributed by atoms with Crippen LogP contribution in [0.3, 0.4) is 0 Å². The molecule has 18 heavy (non-hydrogen) atoms. The van der Waals surface area contributed by atoms with Crippen LogP contribution in [0.5, 0.6) is 0 Å². The summed E-state index contributed by atoms with van der Waals surface area (Å²) in [6.07, 6.45) is 4.35. The average molecular weight is 354 g/mol. The molecule has 0 spiro atoms. The first-order valence-electron chi connectivity index (χ1n) is 5.33. The molecule has 0 aliphatic rings. The highest BCUT2D eigenvalue weighted by Gasteiger charge is 2.19. The molecule has 102 valence electrons. The van der Waals surface area contributed by atoms with Crippen LogP contribution in [0.15, 0.2) is 21.6 Å². The lowest BCUT2D eigenvalue weighted by Crippen LogP contribution is -2.26. The van der Waals surface area contributed by atoms with Crippen LogP contribution in [0.1, 0.15) is 6.42 Å².